The van der Waals surface area contributed by atoms with Crippen LogP contribution < -0.4 is 4.18 Å². The Bertz CT molecular complexity index is 960. The van der Waals surface area contributed by atoms with E-state index in [-0.39, 0.29) is 23.8 Å². The molecular formula is C19H19ClFNO4S. The van der Waals surface area contributed by atoms with E-state index in [1.54, 1.807) is 17.0 Å². The van der Waals surface area contributed by atoms with E-state index in [2.05, 4.69) is 0 Å². The first-order valence-electron chi connectivity index (χ1n) is 8.44. The fourth-order valence-corrected chi connectivity index (χ4v) is 3.44. The predicted molar refractivity (Wildman–Crippen MR) is 101 cm³/mol. The van der Waals surface area contributed by atoms with Gasteiger partial charge < -0.3 is 9.08 Å². The Kier molecular flexibility index (Phi) is 5.72. The molecule has 0 saturated heterocycles. The van der Waals surface area contributed by atoms with Gasteiger partial charge in [-0.05, 0) is 55.2 Å². The number of carbonyl (C=O) groups is 1. The average Bonchev–Trinajstić information content (AvgIpc) is 3.39. The van der Waals surface area contributed by atoms with Gasteiger partial charge in [-0.3, -0.25) is 4.79 Å². The molecule has 1 aliphatic carbocycles. The van der Waals surface area contributed by atoms with Gasteiger partial charge in [0.1, 0.15) is 11.6 Å². The van der Waals surface area contributed by atoms with Gasteiger partial charge in [-0.1, -0.05) is 17.7 Å². The van der Waals surface area contributed by atoms with Crippen molar-refractivity contribution in [2.75, 3.05) is 12.8 Å². The number of halogens is 2. The average molecular weight is 412 g/mol. The molecule has 1 amide bonds. The summed E-state index contributed by atoms with van der Waals surface area (Å²) in [7, 11) is -3.73. The molecule has 5 nitrogen and oxygen atoms in total. The second-order valence-corrected chi connectivity index (χ2v) is 8.69. The highest BCUT2D eigenvalue weighted by Crippen LogP contribution is 2.32. The molecule has 1 aliphatic rings. The third-order valence-corrected chi connectivity index (χ3v) is 4.88. The lowest BCUT2D eigenvalue weighted by Crippen LogP contribution is -2.32. The van der Waals surface area contributed by atoms with Crippen molar-refractivity contribution in [3.8, 4) is 5.75 Å². The number of hydrogen-bond donors (Lipinski definition) is 0. The lowest BCUT2D eigenvalue weighted by molar-refractivity contribution is 0.0734. The van der Waals surface area contributed by atoms with E-state index < -0.39 is 15.9 Å². The minimum absolute atomic E-state index is 0.108. The van der Waals surface area contributed by atoms with Gasteiger partial charge in [0.2, 0.25) is 0 Å². The predicted octanol–water partition coefficient (Wildman–Crippen LogP) is 3.87. The molecule has 0 N–H and O–H groups in total. The molecule has 0 bridgehead atoms. The van der Waals surface area contributed by atoms with Gasteiger partial charge in [0.25, 0.3) is 5.91 Å². The molecule has 144 valence electrons. The van der Waals surface area contributed by atoms with Crippen molar-refractivity contribution in [2.45, 2.75) is 19.4 Å². The van der Waals surface area contributed by atoms with Crippen molar-refractivity contribution in [1.82, 2.24) is 4.90 Å². The van der Waals surface area contributed by atoms with Gasteiger partial charge in [0.15, 0.2) is 0 Å². The van der Waals surface area contributed by atoms with Crippen molar-refractivity contribution in [2.24, 2.45) is 5.92 Å². The summed E-state index contributed by atoms with van der Waals surface area (Å²) in [5, 5.41) is 0.399. The highest BCUT2D eigenvalue weighted by atomic mass is 35.5. The topological polar surface area (TPSA) is 63.7 Å². The summed E-state index contributed by atoms with van der Waals surface area (Å²) in [4.78, 5) is 14.5. The van der Waals surface area contributed by atoms with Gasteiger partial charge in [0, 0.05) is 29.2 Å². The smallest absolute Gasteiger partial charge is 0.306 e. The second kappa shape index (κ2) is 7.86. The molecule has 2 aromatic carbocycles. The number of carbonyl (C=O) groups excluding carboxylic acids is 1. The van der Waals surface area contributed by atoms with Crippen LogP contribution >= 0.6 is 11.6 Å². The van der Waals surface area contributed by atoms with E-state index in [1.165, 1.54) is 30.3 Å². The maximum absolute atomic E-state index is 13.5. The maximum atomic E-state index is 13.5. The van der Waals surface area contributed by atoms with Gasteiger partial charge in [0.05, 0.1) is 6.26 Å². The van der Waals surface area contributed by atoms with Crippen LogP contribution in [0.1, 0.15) is 28.8 Å². The first-order chi connectivity index (χ1) is 12.7. The molecule has 8 heteroatoms. The van der Waals surface area contributed by atoms with Gasteiger partial charge in [-0.25, -0.2) is 4.39 Å². The number of rotatable bonds is 7. The minimum atomic E-state index is -3.73. The van der Waals surface area contributed by atoms with Crippen LogP contribution in [0.15, 0.2) is 42.5 Å². The van der Waals surface area contributed by atoms with Crippen LogP contribution in [-0.4, -0.2) is 32.0 Å². The van der Waals surface area contributed by atoms with Crippen LogP contribution in [-0.2, 0) is 16.7 Å². The molecule has 0 aromatic heterocycles. The Balaban J connectivity index is 1.90. The largest absolute Gasteiger partial charge is 0.382 e. The van der Waals surface area contributed by atoms with Crippen molar-refractivity contribution in [3.63, 3.8) is 0 Å². The molecule has 27 heavy (non-hydrogen) atoms. The van der Waals surface area contributed by atoms with Crippen LogP contribution in [0.2, 0.25) is 5.02 Å². The molecule has 0 unspecified atom stereocenters. The van der Waals surface area contributed by atoms with Crippen molar-refractivity contribution in [1.29, 1.82) is 0 Å². The van der Waals surface area contributed by atoms with Crippen LogP contribution in [0.25, 0.3) is 0 Å². The molecule has 0 spiro atoms. The second-order valence-electron chi connectivity index (χ2n) is 6.68. The van der Waals surface area contributed by atoms with Crippen LogP contribution in [0.5, 0.6) is 5.75 Å². The van der Waals surface area contributed by atoms with E-state index in [0.717, 1.165) is 19.1 Å². The monoisotopic (exact) mass is 411 g/mol. The number of amides is 1. The Labute approximate surface area is 162 Å². The zero-order chi connectivity index (χ0) is 19.6. The summed E-state index contributed by atoms with van der Waals surface area (Å²) in [6.45, 7) is 0.609. The molecule has 0 radical (unpaired) electrons. The van der Waals surface area contributed by atoms with E-state index in [0.29, 0.717) is 23.0 Å². The Morgan fingerprint density at radius 3 is 2.63 bits per heavy atom. The van der Waals surface area contributed by atoms with Crippen LogP contribution in [0, 0.1) is 11.7 Å². The Hall–Kier alpha value is -2.12. The molecular weight excluding hydrogens is 393 g/mol. The fraction of sp³-hybridized carbons (Fsp3) is 0.316. The van der Waals surface area contributed by atoms with Crippen molar-refractivity contribution >= 4 is 27.6 Å². The number of hydrogen-bond acceptors (Lipinski definition) is 4. The third kappa shape index (κ3) is 5.68. The van der Waals surface area contributed by atoms with Crippen LogP contribution in [0.3, 0.4) is 0 Å². The van der Waals surface area contributed by atoms with E-state index >= 15 is 0 Å². The summed E-state index contributed by atoms with van der Waals surface area (Å²) in [5.41, 5.74) is 0.710. The first-order valence-corrected chi connectivity index (χ1v) is 10.6. The zero-order valence-corrected chi connectivity index (χ0v) is 16.3. The molecule has 0 aliphatic heterocycles. The fourth-order valence-electron chi connectivity index (χ4n) is 2.76. The lowest BCUT2D eigenvalue weighted by atomic mass is 10.1. The summed E-state index contributed by atoms with van der Waals surface area (Å²) < 4.78 is 41.6. The summed E-state index contributed by atoms with van der Waals surface area (Å²) >= 11 is 6.05. The maximum Gasteiger partial charge on any atom is 0.306 e. The Morgan fingerprint density at radius 1 is 1.26 bits per heavy atom. The van der Waals surface area contributed by atoms with Crippen LogP contribution in [0.4, 0.5) is 4.39 Å². The summed E-state index contributed by atoms with van der Waals surface area (Å²) in [6.07, 6.45) is 3.00. The summed E-state index contributed by atoms with van der Waals surface area (Å²) in [5.74, 6) is -0.307. The zero-order valence-electron chi connectivity index (χ0n) is 14.7. The number of benzene rings is 2. The van der Waals surface area contributed by atoms with Crippen molar-refractivity contribution < 1.29 is 21.8 Å². The standard InChI is InChI=1S/C19H19ClFNO4S/c1-27(24,25)26-18-8-7-16(20)9-15(18)12-22(11-13-5-6-13)19(23)14-3-2-4-17(21)10-14/h2-4,7-10,13H,5-6,11-12H2,1H3. The van der Waals surface area contributed by atoms with E-state index in [9.17, 15) is 17.6 Å². The first kappa shape index (κ1) is 19.6. The molecule has 3 rings (SSSR count). The molecule has 1 saturated carbocycles. The Morgan fingerprint density at radius 2 is 2.00 bits per heavy atom. The van der Waals surface area contributed by atoms with Crippen molar-refractivity contribution in [3.05, 3.63) is 64.4 Å². The van der Waals surface area contributed by atoms with Gasteiger partial charge >= 0.3 is 10.1 Å². The molecule has 1 fully saturated rings. The molecule has 0 heterocycles. The highest BCUT2D eigenvalue weighted by Gasteiger charge is 2.28. The quantitative estimate of drug-likeness (QED) is 0.649. The lowest BCUT2D eigenvalue weighted by Gasteiger charge is -2.24. The third-order valence-electron chi connectivity index (χ3n) is 4.16. The highest BCUT2D eigenvalue weighted by molar-refractivity contribution is 7.86. The van der Waals surface area contributed by atoms with Gasteiger partial charge in [-0.2, -0.15) is 8.42 Å². The molecule has 2 aromatic rings. The van der Waals surface area contributed by atoms with E-state index in [4.69, 9.17) is 15.8 Å². The molecule has 0 atom stereocenters. The van der Waals surface area contributed by atoms with E-state index in [1.807, 2.05) is 0 Å². The SMILES string of the molecule is CS(=O)(=O)Oc1ccc(Cl)cc1CN(CC1CC1)C(=O)c1cccc(F)c1. The summed E-state index contributed by atoms with van der Waals surface area (Å²) in [6, 6.07) is 10.0. The van der Waals surface area contributed by atoms with Gasteiger partial charge in [-0.15, -0.1) is 0 Å². The normalized spacial score (nSPS) is 14.0. The minimum Gasteiger partial charge on any atom is -0.382 e. The number of nitrogens with zero attached hydrogens (tertiary/aromatic N) is 1.